The minimum Gasteiger partial charge on any atom is -0.478 e. The number of anilines is 1. The molecule has 8 heteroatoms. The predicted molar refractivity (Wildman–Crippen MR) is 119 cm³/mol. The molecular weight excluding hydrogens is 406 g/mol. The average Bonchev–Trinajstić information content (AvgIpc) is 3.03. The maximum atomic E-state index is 12.4. The number of nitrogens with one attached hydrogen (secondary N) is 1. The van der Waals surface area contributed by atoms with Gasteiger partial charge in [-0.25, -0.2) is 14.4 Å². The molecule has 0 aromatic carbocycles. The van der Waals surface area contributed by atoms with Crippen molar-refractivity contribution in [1.82, 2.24) is 0 Å². The molecule has 0 aliphatic heterocycles. The smallest absolute Gasteiger partial charge is 0.412 e. The van der Waals surface area contributed by atoms with Crippen molar-refractivity contribution in [3.05, 3.63) is 16.0 Å². The highest BCUT2D eigenvalue weighted by molar-refractivity contribution is 7.18. The normalized spacial score (nSPS) is 10.6. The Morgan fingerprint density at radius 3 is 1.93 bits per heavy atom. The number of hydrogen-bond donors (Lipinski definition) is 2. The second-order valence-electron chi connectivity index (χ2n) is 7.29. The van der Waals surface area contributed by atoms with Gasteiger partial charge in [0, 0.05) is 0 Å². The van der Waals surface area contributed by atoms with Crippen LogP contribution < -0.4 is 5.32 Å². The topological polar surface area (TPSA) is 102 Å². The van der Waals surface area contributed by atoms with Crippen LogP contribution in [0.2, 0.25) is 0 Å². The van der Waals surface area contributed by atoms with E-state index in [-0.39, 0.29) is 22.0 Å². The first-order chi connectivity index (χ1) is 14.4. The molecule has 7 nitrogen and oxygen atoms in total. The van der Waals surface area contributed by atoms with Crippen molar-refractivity contribution in [2.24, 2.45) is 0 Å². The van der Waals surface area contributed by atoms with Crippen molar-refractivity contribution in [3.63, 3.8) is 0 Å². The van der Waals surface area contributed by atoms with E-state index in [9.17, 15) is 19.5 Å². The van der Waals surface area contributed by atoms with Crippen molar-refractivity contribution in [2.45, 2.75) is 85.0 Å². The summed E-state index contributed by atoms with van der Waals surface area (Å²) >= 11 is 0.906. The summed E-state index contributed by atoms with van der Waals surface area (Å²) in [6, 6.07) is 0. The number of aromatic carboxylic acids is 1. The number of thiophene rings is 1. The zero-order valence-corrected chi connectivity index (χ0v) is 19.2. The standard InChI is InChI=1S/C22H35NO6S/c1-4-6-8-10-12-14-28-21(26)18-16(3)17(20(24)25)19(30-18)23-22(27)29-15-13-11-9-7-5-2/h4-15H2,1-3H3,(H,23,27)(H,24,25). The van der Waals surface area contributed by atoms with Crippen molar-refractivity contribution < 1.29 is 29.0 Å². The summed E-state index contributed by atoms with van der Waals surface area (Å²) in [5.41, 5.74) is 0.188. The summed E-state index contributed by atoms with van der Waals surface area (Å²) < 4.78 is 10.4. The lowest BCUT2D eigenvalue weighted by molar-refractivity contribution is 0.0502. The highest BCUT2D eigenvalue weighted by Gasteiger charge is 2.26. The van der Waals surface area contributed by atoms with E-state index < -0.39 is 18.0 Å². The van der Waals surface area contributed by atoms with Gasteiger partial charge in [-0.05, 0) is 25.3 Å². The Kier molecular flexibility index (Phi) is 12.8. The van der Waals surface area contributed by atoms with Crippen LogP contribution >= 0.6 is 11.3 Å². The number of carboxylic acid groups (broad SMARTS) is 1. The molecule has 0 aliphatic carbocycles. The fourth-order valence-electron chi connectivity index (χ4n) is 2.99. The van der Waals surface area contributed by atoms with E-state index in [0.717, 1.165) is 75.5 Å². The van der Waals surface area contributed by atoms with Gasteiger partial charge in [0.05, 0.1) is 18.8 Å². The zero-order valence-electron chi connectivity index (χ0n) is 18.4. The molecule has 1 rings (SSSR count). The number of carbonyl (C=O) groups excluding carboxylic acids is 2. The van der Waals surface area contributed by atoms with Crippen LogP contribution in [0.5, 0.6) is 0 Å². The minimum atomic E-state index is -1.21. The van der Waals surface area contributed by atoms with Gasteiger partial charge in [-0.3, -0.25) is 5.32 Å². The quantitative estimate of drug-likeness (QED) is 0.241. The molecule has 1 amide bonds. The molecule has 0 bridgehead atoms. The Balaban J connectivity index is 2.62. The second kappa shape index (κ2) is 14.8. The third-order valence-electron chi connectivity index (χ3n) is 4.72. The Bertz CT molecular complexity index is 685. The van der Waals surface area contributed by atoms with Gasteiger partial charge in [0.1, 0.15) is 9.88 Å². The lowest BCUT2D eigenvalue weighted by Gasteiger charge is -2.06. The number of amides is 1. The summed E-state index contributed by atoms with van der Waals surface area (Å²) in [6.45, 7) is 6.38. The van der Waals surface area contributed by atoms with Crippen molar-refractivity contribution in [3.8, 4) is 0 Å². The van der Waals surface area contributed by atoms with Crippen LogP contribution in [0.1, 0.15) is 104 Å². The van der Waals surface area contributed by atoms with Gasteiger partial charge < -0.3 is 14.6 Å². The van der Waals surface area contributed by atoms with E-state index in [0.29, 0.717) is 12.2 Å². The third kappa shape index (κ3) is 9.15. The number of rotatable bonds is 15. The van der Waals surface area contributed by atoms with Crippen LogP contribution in [0, 0.1) is 6.92 Å². The van der Waals surface area contributed by atoms with E-state index in [1.165, 1.54) is 0 Å². The largest absolute Gasteiger partial charge is 0.478 e. The number of carboxylic acids is 1. The van der Waals surface area contributed by atoms with Crippen LogP contribution in [-0.2, 0) is 9.47 Å². The molecular formula is C22H35NO6S. The summed E-state index contributed by atoms with van der Waals surface area (Å²) in [5, 5.41) is 12.1. The van der Waals surface area contributed by atoms with E-state index in [1.807, 2.05) is 0 Å². The Labute approximate surface area is 183 Å². The molecule has 1 aromatic heterocycles. The van der Waals surface area contributed by atoms with Gasteiger partial charge in [0.15, 0.2) is 0 Å². The highest BCUT2D eigenvalue weighted by atomic mass is 32.1. The molecule has 0 spiro atoms. The predicted octanol–water partition coefficient (Wildman–Crippen LogP) is 6.40. The third-order valence-corrected chi connectivity index (χ3v) is 5.91. The molecule has 0 radical (unpaired) electrons. The van der Waals surface area contributed by atoms with E-state index in [1.54, 1.807) is 6.92 Å². The van der Waals surface area contributed by atoms with Gasteiger partial charge in [-0.15, -0.1) is 11.3 Å². The molecule has 0 saturated carbocycles. The fourth-order valence-corrected chi connectivity index (χ4v) is 4.07. The molecule has 0 saturated heterocycles. The molecule has 30 heavy (non-hydrogen) atoms. The van der Waals surface area contributed by atoms with Gasteiger partial charge in [0.25, 0.3) is 0 Å². The second-order valence-corrected chi connectivity index (χ2v) is 8.31. The molecule has 0 aliphatic rings. The number of carbonyl (C=O) groups is 3. The maximum Gasteiger partial charge on any atom is 0.412 e. The molecule has 1 aromatic rings. The fraction of sp³-hybridized carbons (Fsp3) is 0.682. The number of hydrogen-bond acceptors (Lipinski definition) is 6. The van der Waals surface area contributed by atoms with Crippen molar-refractivity contribution in [2.75, 3.05) is 18.5 Å². The van der Waals surface area contributed by atoms with Crippen LogP contribution in [-0.4, -0.2) is 36.4 Å². The lowest BCUT2D eigenvalue weighted by Crippen LogP contribution is -2.15. The molecule has 0 atom stereocenters. The lowest BCUT2D eigenvalue weighted by atomic mass is 10.1. The monoisotopic (exact) mass is 441 g/mol. The van der Waals surface area contributed by atoms with E-state index in [2.05, 4.69) is 19.2 Å². The molecule has 2 N–H and O–H groups in total. The Morgan fingerprint density at radius 1 is 0.867 bits per heavy atom. The molecule has 170 valence electrons. The Morgan fingerprint density at radius 2 is 1.40 bits per heavy atom. The highest BCUT2D eigenvalue weighted by Crippen LogP contribution is 2.33. The SMILES string of the molecule is CCCCCCCOC(=O)Nc1sc(C(=O)OCCCCCCC)c(C)c1C(=O)O. The first-order valence-corrected chi connectivity index (χ1v) is 11.7. The van der Waals surface area contributed by atoms with Gasteiger partial charge in [-0.2, -0.15) is 0 Å². The van der Waals surface area contributed by atoms with Gasteiger partial charge >= 0.3 is 18.0 Å². The molecule has 0 fully saturated rings. The maximum absolute atomic E-state index is 12.4. The zero-order chi connectivity index (χ0) is 22.4. The van der Waals surface area contributed by atoms with Crippen LogP contribution in [0.15, 0.2) is 0 Å². The summed E-state index contributed by atoms with van der Waals surface area (Å²) in [5.74, 6) is -1.77. The first-order valence-electron chi connectivity index (χ1n) is 10.9. The van der Waals surface area contributed by atoms with Gasteiger partial charge in [0.2, 0.25) is 0 Å². The summed E-state index contributed by atoms with van der Waals surface area (Å²) in [7, 11) is 0. The number of ether oxygens (including phenoxy) is 2. The number of esters is 1. The molecule has 0 unspecified atom stereocenters. The first kappa shape index (κ1) is 25.9. The van der Waals surface area contributed by atoms with Crippen LogP contribution in [0.3, 0.4) is 0 Å². The van der Waals surface area contributed by atoms with Crippen molar-refractivity contribution >= 4 is 34.4 Å². The summed E-state index contributed by atoms with van der Waals surface area (Å²) in [4.78, 5) is 36.2. The van der Waals surface area contributed by atoms with Crippen LogP contribution in [0.25, 0.3) is 0 Å². The average molecular weight is 442 g/mol. The summed E-state index contributed by atoms with van der Waals surface area (Å²) in [6.07, 6.45) is 9.58. The number of unbranched alkanes of at least 4 members (excludes halogenated alkanes) is 8. The molecule has 1 heterocycles. The van der Waals surface area contributed by atoms with Crippen LogP contribution in [0.4, 0.5) is 9.80 Å². The Hall–Kier alpha value is -2.09. The van der Waals surface area contributed by atoms with Gasteiger partial charge in [-0.1, -0.05) is 65.2 Å². The van der Waals surface area contributed by atoms with Crippen molar-refractivity contribution in [1.29, 1.82) is 0 Å². The van der Waals surface area contributed by atoms with E-state index in [4.69, 9.17) is 9.47 Å². The minimum absolute atomic E-state index is 0.0888. The van der Waals surface area contributed by atoms with E-state index >= 15 is 0 Å².